The minimum Gasteiger partial charge on any atom is -0.481 e. The van der Waals surface area contributed by atoms with Crippen LogP contribution in [-0.2, 0) is 9.59 Å². The molecule has 0 aromatic carbocycles. The summed E-state index contributed by atoms with van der Waals surface area (Å²) in [6.07, 6.45) is 2.69. The van der Waals surface area contributed by atoms with Crippen molar-refractivity contribution in [2.24, 2.45) is 0 Å². The zero-order valence-electron chi connectivity index (χ0n) is 8.26. The molecule has 0 aliphatic carbocycles. The van der Waals surface area contributed by atoms with E-state index in [1.165, 1.54) is 0 Å². The average Bonchev–Trinajstić information content (AvgIpc) is 2.30. The molecule has 1 unspecified atom stereocenters. The Morgan fingerprint density at radius 2 is 2.27 bits per heavy atom. The van der Waals surface area contributed by atoms with E-state index in [0.29, 0.717) is 0 Å². The lowest BCUT2D eigenvalue weighted by molar-refractivity contribution is -0.136. The number of aromatic nitrogens is 1. The van der Waals surface area contributed by atoms with Gasteiger partial charge in [-0.2, -0.15) is 0 Å². The number of alkyl halides is 1. The van der Waals surface area contributed by atoms with Crippen LogP contribution in [-0.4, -0.2) is 22.3 Å². The van der Waals surface area contributed by atoms with E-state index >= 15 is 0 Å². The van der Waals surface area contributed by atoms with Crippen molar-refractivity contribution in [1.29, 1.82) is 0 Å². The number of aliphatic carboxylic acids is 1. The second-order valence-corrected chi connectivity index (χ2v) is 3.53. The summed E-state index contributed by atoms with van der Waals surface area (Å²) < 4.78 is 0. The third-order valence-electron chi connectivity index (χ3n) is 1.39. The summed E-state index contributed by atoms with van der Waals surface area (Å²) >= 11 is 3.15. The maximum atomic E-state index is 10.2. The minimum absolute atomic E-state index is 0.222. The highest BCUT2D eigenvalue weighted by Crippen LogP contribution is 2.15. The number of hydrogen-bond donors (Lipinski definition) is 1. The molecule has 0 radical (unpaired) electrons. The molecule has 1 N–H and O–H groups in total. The van der Waals surface area contributed by atoms with Crippen molar-refractivity contribution in [3.8, 4) is 0 Å². The summed E-state index contributed by atoms with van der Waals surface area (Å²) in [5, 5.41) is 7.72. The zero-order valence-corrected chi connectivity index (χ0v) is 9.85. The number of hydrogen-bond acceptors (Lipinski definition) is 3. The van der Waals surface area contributed by atoms with E-state index in [1.807, 2.05) is 12.1 Å². The number of rotatable bonds is 3. The monoisotopic (exact) mass is 273 g/mol. The predicted octanol–water partition coefficient (Wildman–Crippen LogP) is 2.20. The van der Waals surface area contributed by atoms with Gasteiger partial charge < -0.3 is 9.90 Å². The predicted molar refractivity (Wildman–Crippen MR) is 59.9 cm³/mol. The maximum Gasteiger partial charge on any atom is 0.303 e. The van der Waals surface area contributed by atoms with Gasteiger partial charge in [0.15, 0.2) is 0 Å². The van der Waals surface area contributed by atoms with Crippen LogP contribution < -0.4 is 0 Å². The summed E-state index contributed by atoms with van der Waals surface area (Å²) in [5.41, 5.74) is 0.748. The SMILES string of the molecule is CCC(=O)O.O=CC(Br)c1ccccn1. The summed E-state index contributed by atoms with van der Waals surface area (Å²) in [6.45, 7) is 1.60. The van der Waals surface area contributed by atoms with E-state index in [-0.39, 0.29) is 11.2 Å². The molecular formula is C10H12BrNO3. The van der Waals surface area contributed by atoms with Crippen LogP contribution in [0.5, 0.6) is 0 Å². The second kappa shape index (κ2) is 8.11. The lowest BCUT2D eigenvalue weighted by Gasteiger charge is -1.97. The number of carbonyl (C=O) groups excluding carboxylic acids is 1. The quantitative estimate of drug-likeness (QED) is 0.677. The first-order valence-electron chi connectivity index (χ1n) is 4.33. The number of carboxylic acid groups (broad SMARTS) is 1. The topological polar surface area (TPSA) is 67.3 Å². The van der Waals surface area contributed by atoms with Crippen LogP contribution in [0.4, 0.5) is 0 Å². The van der Waals surface area contributed by atoms with Crippen molar-refractivity contribution in [3.05, 3.63) is 30.1 Å². The number of pyridine rings is 1. The molecule has 0 amide bonds. The number of aldehydes is 1. The van der Waals surface area contributed by atoms with E-state index in [4.69, 9.17) is 5.11 Å². The molecule has 1 atom stereocenters. The van der Waals surface area contributed by atoms with Crippen molar-refractivity contribution >= 4 is 28.2 Å². The molecule has 1 aromatic heterocycles. The van der Waals surface area contributed by atoms with E-state index in [9.17, 15) is 9.59 Å². The zero-order chi connectivity index (χ0) is 11.7. The standard InChI is InChI=1S/C7H6BrNO.C3H6O2/c8-6(5-10)7-3-1-2-4-9-7;1-2-3(4)5/h1-6H;2H2,1H3,(H,4,5). The van der Waals surface area contributed by atoms with Gasteiger partial charge in [0.1, 0.15) is 11.1 Å². The Hall–Kier alpha value is -1.23. The highest BCUT2D eigenvalue weighted by atomic mass is 79.9. The largest absolute Gasteiger partial charge is 0.481 e. The fourth-order valence-corrected chi connectivity index (χ4v) is 0.880. The number of halogens is 1. The van der Waals surface area contributed by atoms with Gasteiger partial charge in [-0.05, 0) is 12.1 Å². The maximum absolute atomic E-state index is 10.2. The van der Waals surface area contributed by atoms with Crippen LogP contribution >= 0.6 is 15.9 Å². The summed E-state index contributed by atoms with van der Waals surface area (Å²) in [6, 6.07) is 5.46. The van der Waals surface area contributed by atoms with Crippen LogP contribution in [0.3, 0.4) is 0 Å². The first kappa shape index (κ1) is 13.8. The first-order chi connectivity index (χ1) is 7.11. The van der Waals surface area contributed by atoms with Crippen LogP contribution in [0, 0.1) is 0 Å². The smallest absolute Gasteiger partial charge is 0.303 e. The Kier molecular flexibility index (Phi) is 7.44. The van der Waals surface area contributed by atoms with Gasteiger partial charge in [0.2, 0.25) is 0 Å². The molecule has 82 valence electrons. The minimum atomic E-state index is -0.745. The average molecular weight is 274 g/mol. The van der Waals surface area contributed by atoms with Gasteiger partial charge in [-0.25, -0.2) is 0 Å². The number of nitrogens with zero attached hydrogens (tertiary/aromatic N) is 1. The molecule has 1 heterocycles. The molecule has 0 saturated heterocycles. The van der Waals surface area contributed by atoms with Gasteiger partial charge in [0.25, 0.3) is 0 Å². The fourth-order valence-electron chi connectivity index (χ4n) is 0.609. The Morgan fingerprint density at radius 1 is 1.67 bits per heavy atom. The number of carboxylic acids is 1. The van der Waals surface area contributed by atoms with Crippen molar-refractivity contribution in [2.75, 3.05) is 0 Å². The highest BCUT2D eigenvalue weighted by molar-refractivity contribution is 9.09. The van der Waals surface area contributed by atoms with E-state index < -0.39 is 5.97 Å². The summed E-state index contributed by atoms with van der Waals surface area (Å²) in [4.78, 5) is 23.3. The molecule has 1 rings (SSSR count). The molecule has 4 nitrogen and oxygen atoms in total. The second-order valence-electron chi connectivity index (χ2n) is 2.54. The van der Waals surface area contributed by atoms with Crippen molar-refractivity contribution in [2.45, 2.75) is 18.2 Å². The van der Waals surface area contributed by atoms with Crippen molar-refractivity contribution in [3.63, 3.8) is 0 Å². The molecule has 0 aliphatic rings. The normalized spacial score (nSPS) is 10.8. The Balaban J connectivity index is 0.000000336. The molecule has 0 aliphatic heterocycles. The lowest BCUT2D eigenvalue weighted by atomic mass is 10.3. The van der Waals surface area contributed by atoms with Gasteiger partial charge in [-0.1, -0.05) is 28.9 Å². The van der Waals surface area contributed by atoms with E-state index in [2.05, 4.69) is 20.9 Å². The Morgan fingerprint density at radius 3 is 2.60 bits per heavy atom. The third-order valence-corrected chi connectivity index (χ3v) is 2.08. The fraction of sp³-hybridized carbons (Fsp3) is 0.300. The molecule has 0 bridgehead atoms. The molecule has 5 heteroatoms. The van der Waals surface area contributed by atoms with Gasteiger partial charge in [-0.15, -0.1) is 0 Å². The summed E-state index contributed by atoms with van der Waals surface area (Å²) in [5.74, 6) is -0.745. The van der Waals surface area contributed by atoms with Crippen LogP contribution in [0.1, 0.15) is 23.9 Å². The van der Waals surface area contributed by atoms with E-state index in [0.717, 1.165) is 12.0 Å². The van der Waals surface area contributed by atoms with Crippen LogP contribution in [0.15, 0.2) is 24.4 Å². The van der Waals surface area contributed by atoms with Crippen LogP contribution in [0.2, 0.25) is 0 Å². The highest BCUT2D eigenvalue weighted by Gasteiger charge is 2.03. The first-order valence-corrected chi connectivity index (χ1v) is 5.25. The lowest BCUT2D eigenvalue weighted by Crippen LogP contribution is -1.92. The Bertz CT molecular complexity index is 303. The van der Waals surface area contributed by atoms with Crippen LogP contribution in [0.25, 0.3) is 0 Å². The van der Waals surface area contributed by atoms with Gasteiger partial charge in [-0.3, -0.25) is 9.78 Å². The molecule has 15 heavy (non-hydrogen) atoms. The van der Waals surface area contributed by atoms with Crippen molar-refractivity contribution < 1.29 is 14.7 Å². The third kappa shape index (κ3) is 6.79. The van der Waals surface area contributed by atoms with Gasteiger partial charge >= 0.3 is 5.97 Å². The molecule has 1 aromatic rings. The van der Waals surface area contributed by atoms with E-state index in [1.54, 1.807) is 19.2 Å². The molecule has 0 fully saturated rings. The van der Waals surface area contributed by atoms with Crippen molar-refractivity contribution in [1.82, 2.24) is 4.98 Å². The van der Waals surface area contributed by atoms with Gasteiger partial charge in [0.05, 0.1) is 5.69 Å². The molecular weight excluding hydrogens is 262 g/mol. The van der Waals surface area contributed by atoms with Gasteiger partial charge in [0, 0.05) is 12.6 Å². The number of carbonyl (C=O) groups is 2. The molecule has 0 spiro atoms. The Labute approximate surface area is 96.5 Å². The molecule has 0 saturated carbocycles. The summed E-state index contributed by atoms with van der Waals surface area (Å²) in [7, 11) is 0.